The van der Waals surface area contributed by atoms with Gasteiger partial charge in [0.2, 0.25) is 0 Å². The van der Waals surface area contributed by atoms with E-state index < -0.39 is 11.4 Å². The van der Waals surface area contributed by atoms with Crippen LogP contribution in [0, 0.1) is 22.7 Å². The highest BCUT2D eigenvalue weighted by Gasteiger charge is 2.16. The van der Waals surface area contributed by atoms with E-state index in [4.69, 9.17) is 10.00 Å². The van der Waals surface area contributed by atoms with Gasteiger partial charge in [-0.3, -0.25) is 0 Å². The van der Waals surface area contributed by atoms with Gasteiger partial charge in [-0.1, -0.05) is 0 Å². The summed E-state index contributed by atoms with van der Waals surface area (Å²) in [4.78, 5) is 3.46. The van der Waals surface area contributed by atoms with Crippen molar-refractivity contribution in [1.29, 1.82) is 5.26 Å². The van der Waals surface area contributed by atoms with E-state index >= 15 is 0 Å². The van der Waals surface area contributed by atoms with Gasteiger partial charge in [0, 0.05) is 6.20 Å². The maximum Gasteiger partial charge on any atom is 0.255 e. The monoisotopic (exact) mass is 208 g/mol. The third-order valence-corrected chi connectivity index (χ3v) is 2.01. The van der Waals surface area contributed by atoms with Crippen LogP contribution in [0.1, 0.15) is 20.3 Å². The molecular formula is C11H13FN2O. The van der Waals surface area contributed by atoms with Crippen molar-refractivity contribution in [1.82, 2.24) is 4.98 Å². The molecule has 0 spiro atoms. The van der Waals surface area contributed by atoms with Crippen LogP contribution in [0.15, 0.2) is 18.3 Å². The molecule has 0 N–H and O–H groups in total. The van der Waals surface area contributed by atoms with Gasteiger partial charge in [0.1, 0.15) is 0 Å². The molecule has 0 fully saturated rings. The molecule has 0 aliphatic carbocycles. The first-order valence-electron chi connectivity index (χ1n) is 4.70. The second-order valence-corrected chi connectivity index (χ2v) is 3.89. The highest BCUT2D eigenvalue weighted by atomic mass is 19.1. The van der Waals surface area contributed by atoms with Gasteiger partial charge in [0.05, 0.1) is 18.1 Å². The van der Waals surface area contributed by atoms with Gasteiger partial charge in [0.15, 0.2) is 5.75 Å². The number of ether oxygens (including phenoxy) is 1. The molecule has 0 unspecified atom stereocenters. The minimum atomic E-state index is -0.618. The van der Waals surface area contributed by atoms with E-state index in [1.54, 1.807) is 6.07 Å². The molecule has 3 nitrogen and oxygen atoms in total. The Morgan fingerprint density at radius 2 is 2.33 bits per heavy atom. The summed E-state index contributed by atoms with van der Waals surface area (Å²) in [6.07, 6.45) is 1.92. The van der Waals surface area contributed by atoms with Crippen LogP contribution < -0.4 is 4.74 Å². The van der Waals surface area contributed by atoms with Crippen LogP contribution in [0.5, 0.6) is 5.75 Å². The zero-order valence-electron chi connectivity index (χ0n) is 8.83. The van der Waals surface area contributed by atoms with Gasteiger partial charge in [-0.25, -0.2) is 4.98 Å². The predicted octanol–water partition coefficient (Wildman–Crippen LogP) is 2.54. The summed E-state index contributed by atoms with van der Waals surface area (Å²) in [5, 5.41) is 8.75. The number of nitrogens with zero attached hydrogens (tertiary/aromatic N) is 2. The molecule has 0 atom stereocenters. The molecule has 4 heteroatoms. The van der Waals surface area contributed by atoms with Crippen molar-refractivity contribution in [2.45, 2.75) is 20.3 Å². The standard InChI is InChI=1S/C11H13FN2O/c1-11(2,8-13)5-7-15-9-4-3-6-14-10(9)12/h3-4,6H,5,7H2,1-2H3. The fraction of sp³-hybridized carbons (Fsp3) is 0.455. The smallest absolute Gasteiger partial charge is 0.255 e. The first-order valence-corrected chi connectivity index (χ1v) is 4.70. The second-order valence-electron chi connectivity index (χ2n) is 3.89. The summed E-state index contributed by atoms with van der Waals surface area (Å²) >= 11 is 0. The Labute approximate surface area is 88.5 Å². The molecule has 0 bridgehead atoms. The van der Waals surface area contributed by atoms with Gasteiger partial charge >= 0.3 is 0 Å². The van der Waals surface area contributed by atoms with Crippen molar-refractivity contribution >= 4 is 0 Å². The van der Waals surface area contributed by atoms with Crippen LogP contribution in [-0.4, -0.2) is 11.6 Å². The first-order chi connectivity index (χ1) is 7.05. The predicted molar refractivity (Wildman–Crippen MR) is 53.7 cm³/mol. The molecule has 80 valence electrons. The number of hydrogen-bond acceptors (Lipinski definition) is 3. The summed E-state index contributed by atoms with van der Waals surface area (Å²) in [6, 6.07) is 5.27. The Hall–Kier alpha value is -1.63. The molecule has 1 aromatic rings. The molecule has 0 aliphatic rings. The maximum atomic E-state index is 13.0. The number of rotatable bonds is 4. The summed E-state index contributed by atoms with van der Waals surface area (Å²) in [5.74, 6) is -0.487. The Bertz CT molecular complexity index is 371. The van der Waals surface area contributed by atoms with Crippen LogP contribution >= 0.6 is 0 Å². The van der Waals surface area contributed by atoms with Gasteiger partial charge in [0.25, 0.3) is 5.95 Å². The highest BCUT2D eigenvalue weighted by molar-refractivity contribution is 5.17. The van der Waals surface area contributed by atoms with E-state index in [2.05, 4.69) is 11.1 Å². The second kappa shape index (κ2) is 4.74. The average molecular weight is 208 g/mol. The number of halogens is 1. The quantitative estimate of drug-likeness (QED) is 0.714. The van der Waals surface area contributed by atoms with Crippen molar-refractivity contribution in [3.63, 3.8) is 0 Å². The van der Waals surface area contributed by atoms with Crippen LogP contribution in [0.2, 0.25) is 0 Å². The summed E-state index contributed by atoms with van der Waals surface area (Å²) in [6.45, 7) is 3.94. The Balaban J connectivity index is 2.46. The molecule has 0 radical (unpaired) electrons. The third-order valence-electron chi connectivity index (χ3n) is 2.01. The summed E-state index contributed by atoms with van der Waals surface area (Å²) in [5.41, 5.74) is -0.446. The molecular weight excluding hydrogens is 195 g/mol. The molecule has 0 saturated heterocycles. The Morgan fingerprint density at radius 1 is 1.60 bits per heavy atom. The van der Waals surface area contributed by atoms with Crippen molar-refractivity contribution < 1.29 is 9.13 Å². The van der Waals surface area contributed by atoms with Crippen molar-refractivity contribution in [3.8, 4) is 11.8 Å². The lowest BCUT2D eigenvalue weighted by atomic mass is 9.92. The van der Waals surface area contributed by atoms with Gasteiger partial charge < -0.3 is 4.74 Å². The zero-order valence-corrected chi connectivity index (χ0v) is 8.83. The minimum Gasteiger partial charge on any atom is -0.489 e. The lowest BCUT2D eigenvalue weighted by Gasteiger charge is -2.15. The van der Waals surface area contributed by atoms with E-state index in [0.717, 1.165) is 0 Å². The van der Waals surface area contributed by atoms with E-state index in [9.17, 15) is 4.39 Å². The van der Waals surface area contributed by atoms with Gasteiger partial charge in [-0.2, -0.15) is 9.65 Å². The Kier molecular flexibility index (Phi) is 3.62. The maximum absolute atomic E-state index is 13.0. The third kappa shape index (κ3) is 3.55. The molecule has 0 aliphatic heterocycles. The van der Waals surface area contributed by atoms with Crippen LogP contribution in [0.3, 0.4) is 0 Å². The van der Waals surface area contributed by atoms with E-state index in [1.807, 2.05) is 13.8 Å². The van der Waals surface area contributed by atoms with Crippen molar-refractivity contribution in [2.75, 3.05) is 6.61 Å². The molecule has 1 aromatic heterocycles. The summed E-state index contributed by atoms with van der Waals surface area (Å²) in [7, 11) is 0. The molecule has 15 heavy (non-hydrogen) atoms. The number of hydrogen-bond donors (Lipinski definition) is 0. The normalized spacial score (nSPS) is 10.8. The van der Waals surface area contributed by atoms with Crippen molar-refractivity contribution in [2.24, 2.45) is 5.41 Å². The summed E-state index contributed by atoms with van der Waals surface area (Å²) < 4.78 is 18.2. The largest absolute Gasteiger partial charge is 0.489 e. The van der Waals surface area contributed by atoms with Crippen LogP contribution in [-0.2, 0) is 0 Å². The lowest BCUT2D eigenvalue weighted by molar-refractivity contribution is 0.252. The SMILES string of the molecule is CC(C)(C#N)CCOc1cccnc1F. The van der Waals surface area contributed by atoms with Gasteiger partial charge in [-0.15, -0.1) is 0 Å². The number of aromatic nitrogens is 1. The fourth-order valence-corrected chi connectivity index (χ4v) is 0.951. The first kappa shape index (κ1) is 11.4. The molecule has 0 saturated carbocycles. The molecule has 1 heterocycles. The zero-order chi connectivity index (χ0) is 11.3. The molecule has 1 rings (SSSR count). The fourth-order valence-electron chi connectivity index (χ4n) is 0.951. The number of pyridine rings is 1. The van der Waals surface area contributed by atoms with E-state index in [-0.39, 0.29) is 5.75 Å². The van der Waals surface area contributed by atoms with Gasteiger partial charge in [-0.05, 0) is 32.4 Å². The van der Waals surface area contributed by atoms with Crippen LogP contribution in [0.25, 0.3) is 0 Å². The Morgan fingerprint density at radius 3 is 2.93 bits per heavy atom. The lowest BCUT2D eigenvalue weighted by Crippen LogP contribution is -2.13. The number of nitriles is 1. The van der Waals surface area contributed by atoms with Crippen molar-refractivity contribution in [3.05, 3.63) is 24.3 Å². The highest BCUT2D eigenvalue weighted by Crippen LogP contribution is 2.20. The van der Waals surface area contributed by atoms with E-state index in [1.165, 1.54) is 12.3 Å². The molecule has 0 aromatic carbocycles. The minimum absolute atomic E-state index is 0.131. The van der Waals surface area contributed by atoms with Crippen LogP contribution in [0.4, 0.5) is 4.39 Å². The topological polar surface area (TPSA) is 45.9 Å². The molecule has 0 amide bonds. The average Bonchev–Trinajstić information content (AvgIpc) is 2.21. The van der Waals surface area contributed by atoms with E-state index in [0.29, 0.717) is 13.0 Å².